The van der Waals surface area contributed by atoms with Gasteiger partial charge in [0.25, 0.3) is 0 Å². The van der Waals surface area contributed by atoms with Crippen molar-refractivity contribution in [2.75, 3.05) is 0 Å². The van der Waals surface area contributed by atoms with E-state index in [4.69, 9.17) is 5.11 Å². The fourth-order valence-electron chi connectivity index (χ4n) is 1.39. The summed E-state index contributed by atoms with van der Waals surface area (Å²) in [7, 11) is 0. The largest absolute Gasteiger partial charge is 0.481 e. The first-order valence-corrected chi connectivity index (χ1v) is 4.96. The summed E-state index contributed by atoms with van der Waals surface area (Å²) in [6.07, 6.45) is 7.35. The van der Waals surface area contributed by atoms with Crippen LogP contribution in [-0.4, -0.2) is 20.6 Å². The molecule has 0 aliphatic heterocycles. The second-order valence-corrected chi connectivity index (χ2v) is 3.39. The van der Waals surface area contributed by atoms with Crippen molar-refractivity contribution in [2.24, 2.45) is 0 Å². The van der Waals surface area contributed by atoms with Crippen molar-refractivity contribution in [2.45, 2.75) is 13.0 Å². The summed E-state index contributed by atoms with van der Waals surface area (Å²) in [6.45, 7) is 0.467. The van der Waals surface area contributed by atoms with Gasteiger partial charge in [-0.25, -0.2) is 9.55 Å². The van der Waals surface area contributed by atoms with Gasteiger partial charge < -0.3 is 5.11 Å². The molecule has 16 heavy (non-hydrogen) atoms. The van der Waals surface area contributed by atoms with Gasteiger partial charge in [-0.15, -0.1) is 0 Å². The number of carbonyl (C=O) groups is 1. The van der Waals surface area contributed by atoms with Crippen molar-refractivity contribution < 1.29 is 14.5 Å². The van der Waals surface area contributed by atoms with Gasteiger partial charge in [-0.2, -0.15) is 4.57 Å². The van der Waals surface area contributed by atoms with Gasteiger partial charge in [0.1, 0.15) is 18.9 Å². The van der Waals surface area contributed by atoms with E-state index in [2.05, 4.69) is 4.98 Å². The lowest BCUT2D eigenvalue weighted by atomic mass is 10.4. The van der Waals surface area contributed by atoms with E-state index in [0.717, 1.165) is 5.82 Å². The molecule has 0 saturated carbocycles. The third-order valence-electron chi connectivity index (χ3n) is 2.19. The topological polar surface area (TPSA) is 59.0 Å². The fourth-order valence-corrected chi connectivity index (χ4v) is 1.39. The Balaban J connectivity index is 2.11. The average molecular weight is 218 g/mol. The molecule has 0 bridgehead atoms. The van der Waals surface area contributed by atoms with Crippen molar-refractivity contribution in [1.82, 2.24) is 9.55 Å². The first-order valence-electron chi connectivity index (χ1n) is 4.96. The second kappa shape index (κ2) is 4.57. The summed E-state index contributed by atoms with van der Waals surface area (Å²) in [5, 5.41) is 8.57. The zero-order valence-corrected chi connectivity index (χ0v) is 8.65. The average Bonchev–Trinajstić information content (AvgIpc) is 2.76. The maximum Gasteiger partial charge on any atom is 0.307 e. The SMILES string of the molecule is O=C(O)CC[n+]1ccn(-c2ccccn2)c1. The van der Waals surface area contributed by atoms with Crippen LogP contribution in [0.4, 0.5) is 0 Å². The Morgan fingerprint density at radius 2 is 2.38 bits per heavy atom. The van der Waals surface area contributed by atoms with E-state index < -0.39 is 5.97 Å². The number of hydrogen-bond acceptors (Lipinski definition) is 2. The zero-order valence-electron chi connectivity index (χ0n) is 8.65. The Morgan fingerprint density at radius 3 is 3.06 bits per heavy atom. The van der Waals surface area contributed by atoms with E-state index in [9.17, 15) is 4.79 Å². The molecular weight excluding hydrogens is 206 g/mol. The van der Waals surface area contributed by atoms with Crippen LogP contribution in [0.3, 0.4) is 0 Å². The number of nitrogens with zero attached hydrogens (tertiary/aromatic N) is 3. The second-order valence-electron chi connectivity index (χ2n) is 3.39. The maximum absolute atomic E-state index is 10.4. The van der Waals surface area contributed by atoms with Crippen LogP contribution in [0.1, 0.15) is 6.42 Å². The van der Waals surface area contributed by atoms with Gasteiger partial charge in [0.15, 0.2) is 0 Å². The van der Waals surface area contributed by atoms with E-state index in [1.807, 2.05) is 46.1 Å². The molecule has 0 unspecified atom stereocenters. The Hall–Kier alpha value is -2.17. The van der Waals surface area contributed by atoms with Crippen LogP contribution in [0.25, 0.3) is 5.82 Å². The van der Waals surface area contributed by atoms with Gasteiger partial charge in [-0.3, -0.25) is 4.79 Å². The summed E-state index contributed by atoms with van der Waals surface area (Å²) in [4.78, 5) is 14.6. The van der Waals surface area contributed by atoms with E-state index in [1.165, 1.54) is 0 Å². The lowest BCUT2D eigenvalue weighted by Crippen LogP contribution is -2.32. The molecule has 2 aromatic heterocycles. The third kappa shape index (κ3) is 2.44. The minimum atomic E-state index is -0.793. The van der Waals surface area contributed by atoms with Crippen molar-refractivity contribution in [1.29, 1.82) is 0 Å². The van der Waals surface area contributed by atoms with Crippen molar-refractivity contribution in [3.05, 3.63) is 43.1 Å². The Bertz CT molecular complexity index is 479. The third-order valence-corrected chi connectivity index (χ3v) is 2.19. The Labute approximate surface area is 92.6 Å². The number of aliphatic carboxylic acids is 1. The molecule has 2 rings (SSSR count). The molecule has 0 aliphatic carbocycles. The Kier molecular flexibility index (Phi) is 2.95. The molecular formula is C11H12N3O2+. The molecule has 0 radical (unpaired) electrons. The molecule has 5 heteroatoms. The molecule has 0 atom stereocenters. The molecule has 0 spiro atoms. The molecule has 0 fully saturated rings. The van der Waals surface area contributed by atoms with Gasteiger partial charge >= 0.3 is 5.97 Å². The molecule has 1 N–H and O–H groups in total. The number of hydrogen-bond donors (Lipinski definition) is 1. The first kappa shape index (κ1) is 10.4. The number of aryl methyl sites for hydroxylation is 1. The zero-order chi connectivity index (χ0) is 11.4. The van der Waals surface area contributed by atoms with Gasteiger partial charge in [0.05, 0.1) is 6.42 Å². The molecule has 2 heterocycles. The molecule has 0 amide bonds. The first-order chi connectivity index (χ1) is 7.75. The van der Waals surface area contributed by atoms with Gasteiger partial charge in [-0.1, -0.05) is 6.07 Å². The highest BCUT2D eigenvalue weighted by Gasteiger charge is 2.07. The van der Waals surface area contributed by atoms with Crippen LogP contribution in [0.2, 0.25) is 0 Å². The van der Waals surface area contributed by atoms with Crippen molar-refractivity contribution >= 4 is 5.97 Å². The number of carboxylic acids is 1. The standard InChI is InChI=1S/C11H11N3O2/c15-11(16)4-6-13-7-8-14(9-13)10-3-1-2-5-12-10/h1-3,5,7-9H,4,6H2/p+1. The van der Waals surface area contributed by atoms with Crippen LogP contribution >= 0.6 is 0 Å². The van der Waals surface area contributed by atoms with Gasteiger partial charge in [-0.05, 0) is 6.07 Å². The van der Waals surface area contributed by atoms with E-state index in [0.29, 0.717) is 6.54 Å². The predicted molar refractivity (Wildman–Crippen MR) is 56.0 cm³/mol. The number of pyridine rings is 1. The van der Waals surface area contributed by atoms with Crippen LogP contribution in [0.5, 0.6) is 0 Å². The van der Waals surface area contributed by atoms with E-state index in [-0.39, 0.29) is 6.42 Å². The smallest absolute Gasteiger partial charge is 0.307 e. The van der Waals surface area contributed by atoms with E-state index in [1.54, 1.807) is 6.20 Å². The normalized spacial score (nSPS) is 10.2. The summed E-state index contributed by atoms with van der Waals surface area (Å²) in [6, 6.07) is 5.65. The predicted octanol–water partition coefficient (Wildman–Crippen LogP) is 0.634. The summed E-state index contributed by atoms with van der Waals surface area (Å²) in [5.74, 6) is 0.0228. The minimum Gasteiger partial charge on any atom is -0.481 e. The molecule has 82 valence electrons. The number of rotatable bonds is 4. The number of imidazole rings is 1. The monoisotopic (exact) mass is 218 g/mol. The fraction of sp³-hybridized carbons (Fsp3) is 0.182. The highest BCUT2D eigenvalue weighted by molar-refractivity contribution is 5.66. The molecule has 0 saturated heterocycles. The minimum absolute atomic E-state index is 0.122. The number of aromatic nitrogens is 3. The molecule has 0 aromatic carbocycles. The lowest BCUT2D eigenvalue weighted by molar-refractivity contribution is -0.695. The lowest BCUT2D eigenvalue weighted by Gasteiger charge is -1.93. The van der Waals surface area contributed by atoms with Crippen LogP contribution < -0.4 is 4.57 Å². The van der Waals surface area contributed by atoms with Gasteiger partial charge in [0, 0.05) is 12.3 Å². The summed E-state index contributed by atoms with van der Waals surface area (Å²) in [5.41, 5.74) is 0. The highest BCUT2D eigenvalue weighted by atomic mass is 16.4. The quantitative estimate of drug-likeness (QED) is 0.766. The molecule has 2 aromatic rings. The molecule has 0 aliphatic rings. The Morgan fingerprint density at radius 1 is 1.50 bits per heavy atom. The van der Waals surface area contributed by atoms with E-state index >= 15 is 0 Å². The van der Waals surface area contributed by atoms with Crippen LogP contribution in [0.15, 0.2) is 43.1 Å². The summed E-state index contributed by atoms with van der Waals surface area (Å²) < 4.78 is 3.67. The van der Waals surface area contributed by atoms with Crippen LogP contribution in [-0.2, 0) is 11.3 Å². The van der Waals surface area contributed by atoms with Crippen molar-refractivity contribution in [3.63, 3.8) is 0 Å². The van der Waals surface area contributed by atoms with Crippen LogP contribution in [0, 0.1) is 0 Å². The summed E-state index contributed by atoms with van der Waals surface area (Å²) >= 11 is 0. The maximum atomic E-state index is 10.4. The van der Waals surface area contributed by atoms with Gasteiger partial charge in [0.2, 0.25) is 12.1 Å². The number of carboxylic acid groups (broad SMARTS) is 1. The van der Waals surface area contributed by atoms with Crippen molar-refractivity contribution in [3.8, 4) is 5.82 Å². The highest BCUT2D eigenvalue weighted by Crippen LogP contribution is 2.00. The molecule has 5 nitrogen and oxygen atoms in total.